The lowest BCUT2D eigenvalue weighted by Gasteiger charge is -2.13. The number of halogens is 1. The molecule has 0 aliphatic carbocycles. The summed E-state index contributed by atoms with van der Waals surface area (Å²) < 4.78 is 31.2. The lowest BCUT2D eigenvalue weighted by Crippen LogP contribution is -2.32. The van der Waals surface area contributed by atoms with Gasteiger partial charge in [-0.25, -0.2) is 13.1 Å². The van der Waals surface area contributed by atoms with Crippen molar-refractivity contribution in [3.8, 4) is 11.8 Å². The van der Waals surface area contributed by atoms with Crippen molar-refractivity contribution in [2.45, 2.75) is 25.1 Å². The van der Waals surface area contributed by atoms with Gasteiger partial charge in [0.2, 0.25) is 10.0 Å². The Hall–Kier alpha value is -1.29. The standard InChI is InChI=1S/C12H15ClN2O3S/c1-3-9(7-14)19(16,17)15-8-10-11(13)5-4-6-12(10)18-2/h4-6,9,15H,3,8H2,1-2H3. The van der Waals surface area contributed by atoms with Gasteiger partial charge in [-0.05, 0) is 18.6 Å². The second kappa shape index (κ2) is 6.75. The van der Waals surface area contributed by atoms with Crippen molar-refractivity contribution >= 4 is 21.6 Å². The Labute approximate surface area is 118 Å². The van der Waals surface area contributed by atoms with Crippen LogP contribution in [0.25, 0.3) is 0 Å². The number of nitrogens with one attached hydrogen (secondary N) is 1. The number of nitriles is 1. The van der Waals surface area contributed by atoms with Gasteiger partial charge < -0.3 is 4.74 Å². The Balaban J connectivity index is 2.92. The summed E-state index contributed by atoms with van der Waals surface area (Å²) in [6.45, 7) is 1.63. The van der Waals surface area contributed by atoms with E-state index < -0.39 is 15.3 Å². The van der Waals surface area contributed by atoms with E-state index in [0.29, 0.717) is 16.3 Å². The first-order valence-electron chi connectivity index (χ1n) is 5.65. The monoisotopic (exact) mass is 302 g/mol. The molecule has 1 unspecified atom stereocenters. The summed E-state index contributed by atoms with van der Waals surface area (Å²) >= 11 is 6.00. The van der Waals surface area contributed by atoms with Gasteiger partial charge in [0, 0.05) is 17.1 Å². The van der Waals surface area contributed by atoms with Crippen LogP contribution in [0.4, 0.5) is 0 Å². The molecule has 7 heteroatoms. The molecule has 19 heavy (non-hydrogen) atoms. The zero-order valence-electron chi connectivity index (χ0n) is 10.7. The number of benzene rings is 1. The molecule has 0 amide bonds. The lowest BCUT2D eigenvalue weighted by atomic mass is 10.2. The maximum atomic E-state index is 11.9. The number of hydrogen-bond donors (Lipinski definition) is 1. The van der Waals surface area contributed by atoms with Crippen LogP contribution in [-0.2, 0) is 16.6 Å². The molecule has 0 bridgehead atoms. The van der Waals surface area contributed by atoms with E-state index in [1.165, 1.54) is 7.11 Å². The van der Waals surface area contributed by atoms with E-state index in [0.717, 1.165) is 0 Å². The van der Waals surface area contributed by atoms with Crippen molar-refractivity contribution < 1.29 is 13.2 Å². The number of nitrogens with zero attached hydrogens (tertiary/aromatic N) is 1. The van der Waals surface area contributed by atoms with Crippen molar-refractivity contribution in [3.63, 3.8) is 0 Å². The zero-order chi connectivity index (χ0) is 14.5. The SMILES string of the molecule is CCC(C#N)S(=O)(=O)NCc1c(Cl)cccc1OC. The van der Waals surface area contributed by atoms with E-state index in [4.69, 9.17) is 21.6 Å². The smallest absolute Gasteiger partial charge is 0.228 e. The van der Waals surface area contributed by atoms with Gasteiger partial charge in [0.25, 0.3) is 0 Å². The molecule has 0 aromatic heterocycles. The Morgan fingerprint density at radius 1 is 1.53 bits per heavy atom. The number of rotatable bonds is 6. The van der Waals surface area contributed by atoms with Crippen LogP contribution in [0.1, 0.15) is 18.9 Å². The van der Waals surface area contributed by atoms with Crippen LogP contribution in [0, 0.1) is 11.3 Å². The molecular weight excluding hydrogens is 288 g/mol. The Kier molecular flexibility index (Phi) is 5.60. The maximum Gasteiger partial charge on any atom is 0.228 e. The van der Waals surface area contributed by atoms with Crippen LogP contribution < -0.4 is 9.46 Å². The van der Waals surface area contributed by atoms with Crippen LogP contribution in [-0.4, -0.2) is 20.8 Å². The molecule has 0 aliphatic heterocycles. The molecule has 1 atom stereocenters. The molecule has 0 radical (unpaired) electrons. The highest BCUT2D eigenvalue weighted by Gasteiger charge is 2.23. The molecule has 0 spiro atoms. The van der Waals surface area contributed by atoms with Crippen LogP contribution >= 0.6 is 11.6 Å². The predicted molar refractivity (Wildman–Crippen MR) is 73.5 cm³/mol. The van der Waals surface area contributed by atoms with Crippen LogP contribution in [0.3, 0.4) is 0 Å². The van der Waals surface area contributed by atoms with E-state index >= 15 is 0 Å². The minimum absolute atomic E-state index is 0.0106. The van der Waals surface area contributed by atoms with Crippen molar-refractivity contribution in [2.75, 3.05) is 7.11 Å². The minimum atomic E-state index is -3.69. The van der Waals surface area contributed by atoms with Gasteiger partial charge >= 0.3 is 0 Å². The molecule has 1 aromatic rings. The highest BCUT2D eigenvalue weighted by molar-refractivity contribution is 7.90. The molecular formula is C12H15ClN2O3S. The number of ether oxygens (including phenoxy) is 1. The molecule has 1 N–H and O–H groups in total. The molecule has 104 valence electrons. The van der Waals surface area contributed by atoms with Crippen LogP contribution in [0.15, 0.2) is 18.2 Å². The van der Waals surface area contributed by atoms with Gasteiger partial charge in [0.15, 0.2) is 5.25 Å². The molecule has 1 rings (SSSR count). The van der Waals surface area contributed by atoms with Gasteiger partial charge in [0.1, 0.15) is 5.75 Å². The fourth-order valence-corrected chi connectivity index (χ4v) is 2.91. The molecule has 5 nitrogen and oxygen atoms in total. The molecule has 0 fully saturated rings. The second-order valence-corrected chi connectivity index (χ2v) is 6.17. The average Bonchev–Trinajstić information content (AvgIpc) is 2.38. The Bertz CT molecular complexity index is 581. The van der Waals surface area contributed by atoms with Crippen LogP contribution in [0.5, 0.6) is 5.75 Å². The van der Waals surface area contributed by atoms with Gasteiger partial charge in [-0.2, -0.15) is 5.26 Å². The lowest BCUT2D eigenvalue weighted by molar-refractivity contribution is 0.409. The summed E-state index contributed by atoms with van der Waals surface area (Å²) in [5.41, 5.74) is 0.544. The summed E-state index contributed by atoms with van der Waals surface area (Å²) in [4.78, 5) is 0. The fraction of sp³-hybridized carbons (Fsp3) is 0.417. The van der Waals surface area contributed by atoms with Gasteiger partial charge in [-0.1, -0.05) is 24.6 Å². The highest BCUT2D eigenvalue weighted by Crippen LogP contribution is 2.26. The Morgan fingerprint density at radius 3 is 2.74 bits per heavy atom. The van der Waals surface area contributed by atoms with E-state index in [9.17, 15) is 8.42 Å². The van der Waals surface area contributed by atoms with E-state index in [-0.39, 0.29) is 13.0 Å². The maximum absolute atomic E-state index is 11.9. The quantitative estimate of drug-likeness (QED) is 0.872. The summed E-state index contributed by atoms with van der Waals surface area (Å²) in [7, 11) is -2.21. The van der Waals surface area contributed by atoms with Crippen molar-refractivity contribution in [2.24, 2.45) is 0 Å². The van der Waals surface area contributed by atoms with E-state index in [1.54, 1.807) is 31.2 Å². The zero-order valence-corrected chi connectivity index (χ0v) is 12.3. The average molecular weight is 303 g/mol. The minimum Gasteiger partial charge on any atom is -0.496 e. The number of hydrogen-bond acceptors (Lipinski definition) is 4. The topological polar surface area (TPSA) is 79.2 Å². The third kappa shape index (κ3) is 3.83. The molecule has 0 saturated heterocycles. The third-order valence-electron chi connectivity index (χ3n) is 2.64. The first kappa shape index (κ1) is 15.8. The predicted octanol–water partition coefficient (Wildman–Crippen LogP) is 2.07. The highest BCUT2D eigenvalue weighted by atomic mass is 35.5. The first-order chi connectivity index (χ1) is 8.96. The number of sulfonamides is 1. The second-order valence-electron chi connectivity index (χ2n) is 3.81. The van der Waals surface area contributed by atoms with Gasteiger partial charge in [-0.3, -0.25) is 0 Å². The van der Waals surface area contributed by atoms with E-state index in [1.807, 2.05) is 0 Å². The summed E-state index contributed by atoms with van der Waals surface area (Å²) in [5.74, 6) is 0.500. The third-order valence-corrected chi connectivity index (χ3v) is 4.72. The van der Waals surface area contributed by atoms with Crippen LogP contribution in [0.2, 0.25) is 5.02 Å². The van der Waals surface area contributed by atoms with E-state index in [2.05, 4.69) is 4.72 Å². The van der Waals surface area contributed by atoms with Crippen molar-refractivity contribution in [1.29, 1.82) is 5.26 Å². The summed E-state index contributed by atoms with van der Waals surface area (Å²) in [6.07, 6.45) is 0.228. The molecule has 0 heterocycles. The molecule has 1 aromatic carbocycles. The Morgan fingerprint density at radius 2 is 2.21 bits per heavy atom. The van der Waals surface area contributed by atoms with Crippen molar-refractivity contribution in [1.82, 2.24) is 4.72 Å². The molecule has 0 saturated carbocycles. The number of methoxy groups -OCH3 is 1. The normalized spacial score (nSPS) is 12.7. The fourth-order valence-electron chi connectivity index (χ4n) is 1.56. The summed E-state index contributed by atoms with van der Waals surface area (Å²) in [5, 5.41) is 8.14. The largest absolute Gasteiger partial charge is 0.496 e. The van der Waals surface area contributed by atoms with Gasteiger partial charge in [-0.15, -0.1) is 0 Å². The van der Waals surface area contributed by atoms with Crippen molar-refractivity contribution in [3.05, 3.63) is 28.8 Å². The first-order valence-corrected chi connectivity index (χ1v) is 7.58. The summed E-state index contributed by atoms with van der Waals surface area (Å²) in [6, 6.07) is 6.81. The van der Waals surface area contributed by atoms with Gasteiger partial charge in [0.05, 0.1) is 13.2 Å². The molecule has 0 aliphatic rings.